The van der Waals surface area contributed by atoms with Gasteiger partial charge in [-0.05, 0) is 19.1 Å². The van der Waals surface area contributed by atoms with E-state index in [-0.39, 0.29) is 11.8 Å². The molecule has 1 aromatic heterocycles. The summed E-state index contributed by atoms with van der Waals surface area (Å²) >= 11 is 0. The monoisotopic (exact) mass is 256 g/mol. The third-order valence-electron chi connectivity index (χ3n) is 3.08. The molecule has 0 atom stereocenters. The molecule has 2 aromatic rings. The van der Waals surface area contributed by atoms with Crippen LogP contribution in [0.25, 0.3) is 0 Å². The van der Waals surface area contributed by atoms with Crippen molar-refractivity contribution in [2.75, 3.05) is 6.54 Å². The van der Waals surface area contributed by atoms with Gasteiger partial charge in [-0.25, -0.2) is 0 Å². The average Bonchev–Trinajstić information content (AvgIpc) is 2.93. The normalized spacial score (nSPS) is 14.1. The summed E-state index contributed by atoms with van der Waals surface area (Å²) < 4.78 is 1.62. The first-order valence-corrected chi connectivity index (χ1v) is 5.99. The predicted octanol–water partition coefficient (Wildman–Crippen LogP) is 0.883. The molecule has 0 unspecified atom stereocenters. The second-order valence-corrected chi connectivity index (χ2v) is 4.43. The van der Waals surface area contributed by atoms with Crippen LogP contribution < -0.4 is 0 Å². The Hall–Kier alpha value is -2.50. The molecular formula is C13H12N4O2. The number of carbonyl (C=O) groups is 2. The molecule has 2 amide bonds. The Balaban J connectivity index is 1.77. The van der Waals surface area contributed by atoms with Gasteiger partial charge in [0.25, 0.3) is 11.8 Å². The summed E-state index contributed by atoms with van der Waals surface area (Å²) in [4.78, 5) is 25.4. The van der Waals surface area contributed by atoms with Gasteiger partial charge in [0.1, 0.15) is 0 Å². The van der Waals surface area contributed by atoms with Crippen LogP contribution in [0.2, 0.25) is 0 Å². The zero-order chi connectivity index (χ0) is 13.4. The molecule has 0 spiro atoms. The van der Waals surface area contributed by atoms with Gasteiger partial charge in [0.15, 0.2) is 0 Å². The molecule has 2 heterocycles. The summed E-state index contributed by atoms with van der Waals surface area (Å²) in [6.45, 7) is 2.59. The highest BCUT2D eigenvalue weighted by Gasteiger charge is 2.34. The van der Waals surface area contributed by atoms with Gasteiger partial charge >= 0.3 is 0 Å². The fraction of sp³-hybridized carbons (Fsp3) is 0.231. The number of aryl methyl sites for hydroxylation is 1. The summed E-state index contributed by atoms with van der Waals surface area (Å²) in [6.07, 6.45) is 1.78. The largest absolute Gasteiger partial charge is 0.272 e. The van der Waals surface area contributed by atoms with E-state index in [4.69, 9.17) is 0 Å². The number of hydrogen-bond acceptors (Lipinski definition) is 4. The van der Waals surface area contributed by atoms with E-state index in [0.717, 1.165) is 5.69 Å². The standard InChI is InChI=1S/C13H12N4O2/c1-9-8-16(15-14-9)6-7-17-12(18)10-4-2-3-5-11(10)13(17)19/h2-5,8H,6-7H2,1H3. The van der Waals surface area contributed by atoms with Gasteiger partial charge in [-0.1, -0.05) is 17.3 Å². The number of amides is 2. The van der Waals surface area contributed by atoms with Gasteiger partial charge in [-0.3, -0.25) is 19.2 Å². The van der Waals surface area contributed by atoms with Crippen molar-refractivity contribution in [2.45, 2.75) is 13.5 Å². The number of imide groups is 1. The van der Waals surface area contributed by atoms with Crippen molar-refractivity contribution in [1.82, 2.24) is 19.9 Å². The van der Waals surface area contributed by atoms with Crippen molar-refractivity contribution < 1.29 is 9.59 Å². The number of rotatable bonds is 3. The molecule has 1 aliphatic heterocycles. The van der Waals surface area contributed by atoms with E-state index in [1.807, 2.05) is 6.92 Å². The van der Waals surface area contributed by atoms with Crippen LogP contribution in [0.1, 0.15) is 26.4 Å². The molecule has 6 nitrogen and oxygen atoms in total. The van der Waals surface area contributed by atoms with E-state index in [2.05, 4.69) is 10.3 Å². The summed E-state index contributed by atoms with van der Waals surface area (Å²) in [7, 11) is 0. The summed E-state index contributed by atoms with van der Waals surface area (Å²) in [5, 5.41) is 7.76. The highest BCUT2D eigenvalue weighted by Crippen LogP contribution is 2.21. The van der Waals surface area contributed by atoms with Crippen molar-refractivity contribution in [1.29, 1.82) is 0 Å². The van der Waals surface area contributed by atoms with Crippen LogP contribution in [0.5, 0.6) is 0 Å². The summed E-state index contributed by atoms with van der Waals surface area (Å²) in [5.41, 5.74) is 1.76. The van der Waals surface area contributed by atoms with Crippen molar-refractivity contribution in [2.24, 2.45) is 0 Å². The second-order valence-electron chi connectivity index (χ2n) is 4.43. The topological polar surface area (TPSA) is 68.1 Å². The van der Waals surface area contributed by atoms with E-state index >= 15 is 0 Å². The molecule has 0 aliphatic carbocycles. The number of fused-ring (bicyclic) bond motifs is 1. The van der Waals surface area contributed by atoms with Crippen molar-refractivity contribution in [3.8, 4) is 0 Å². The molecule has 0 radical (unpaired) electrons. The SMILES string of the molecule is Cc1cn(CCN2C(=O)c3ccccc3C2=O)nn1. The van der Waals surface area contributed by atoms with Crippen LogP contribution in [-0.2, 0) is 6.54 Å². The van der Waals surface area contributed by atoms with E-state index in [1.54, 1.807) is 35.1 Å². The van der Waals surface area contributed by atoms with Gasteiger partial charge in [-0.15, -0.1) is 5.10 Å². The lowest BCUT2D eigenvalue weighted by Crippen LogP contribution is -2.33. The summed E-state index contributed by atoms with van der Waals surface area (Å²) in [5.74, 6) is -0.477. The average molecular weight is 256 g/mol. The fourth-order valence-corrected chi connectivity index (χ4v) is 2.15. The minimum Gasteiger partial charge on any atom is -0.272 e. The minimum atomic E-state index is -0.238. The maximum Gasteiger partial charge on any atom is 0.261 e. The van der Waals surface area contributed by atoms with Gasteiger partial charge in [0, 0.05) is 12.7 Å². The smallest absolute Gasteiger partial charge is 0.261 e. The number of aromatic nitrogens is 3. The third kappa shape index (κ3) is 1.91. The molecule has 0 saturated heterocycles. The quantitative estimate of drug-likeness (QED) is 0.764. The van der Waals surface area contributed by atoms with E-state index in [1.165, 1.54) is 4.90 Å². The molecule has 6 heteroatoms. The lowest BCUT2D eigenvalue weighted by atomic mass is 10.1. The van der Waals surface area contributed by atoms with Gasteiger partial charge in [0.2, 0.25) is 0 Å². The van der Waals surface area contributed by atoms with E-state index in [0.29, 0.717) is 24.2 Å². The molecular weight excluding hydrogens is 244 g/mol. The maximum atomic E-state index is 12.1. The van der Waals surface area contributed by atoms with Gasteiger partial charge in [-0.2, -0.15) is 0 Å². The zero-order valence-electron chi connectivity index (χ0n) is 10.4. The third-order valence-corrected chi connectivity index (χ3v) is 3.08. The number of benzene rings is 1. The predicted molar refractivity (Wildman–Crippen MR) is 66.6 cm³/mol. The second kappa shape index (κ2) is 4.31. The summed E-state index contributed by atoms with van der Waals surface area (Å²) in [6, 6.07) is 6.87. The minimum absolute atomic E-state index is 0.238. The lowest BCUT2D eigenvalue weighted by Gasteiger charge is -2.13. The number of carbonyl (C=O) groups excluding carboxylic acids is 2. The zero-order valence-corrected chi connectivity index (χ0v) is 10.4. The van der Waals surface area contributed by atoms with E-state index < -0.39 is 0 Å². The van der Waals surface area contributed by atoms with E-state index in [9.17, 15) is 9.59 Å². The first-order valence-electron chi connectivity index (χ1n) is 5.99. The van der Waals surface area contributed by atoms with Crippen molar-refractivity contribution >= 4 is 11.8 Å². The number of nitrogens with zero attached hydrogens (tertiary/aromatic N) is 4. The van der Waals surface area contributed by atoms with Crippen LogP contribution in [0, 0.1) is 6.92 Å². The van der Waals surface area contributed by atoms with Crippen molar-refractivity contribution in [3.63, 3.8) is 0 Å². The van der Waals surface area contributed by atoms with Crippen molar-refractivity contribution in [3.05, 3.63) is 47.3 Å². The molecule has 0 bridgehead atoms. The molecule has 19 heavy (non-hydrogen) atoms. The first kappa shape index (κ1) is 11.6. The Morgan fingerprint density at radius 3 is 2.21 bits per heavy atom. The molecule has 0 fully saturated rings. The van der Waals surface area contributed by atoms with Crippen LogP contribution in [0.15, 0.2) is 30.5 Å². The maximum absolute atomic E-state index is 12.1. The van der Waals surface area contributed by atoms with Crippen LogP contribution in [0.3, 0.4) is 0 Å². The van der Waals surface area contributed by atoms with Crippen LogP contribution in [-0.4, -0.2) is 38.3 Å². The molecule has 96 valence electrons. The lowest BCUT2D eigenvalue weighted by molar-refractivity contribution is 0.0647. The van der Waals surface area contributed by atoms with Gasteiger partial charge in [0.05, 0.1) is 23.4 Å². The Labute approximate surface area is 109 Å². The van der Waals surface area contributed by atoms with Gasteiger partial charge < -0.3 is 0 Å². The highest BCUT2D eigenvalue weighted by atomic mass is 16.2. The first-order chi connectivity index (χ1) is 9.16. The molecule has 0 saturated carbocycles. The van der Waals surface area contributed by atoms with Crippen LogP contribution in [0.4, 0.5) is 0 Å². The molecule has 1 aromatic carbocycles. The molecule has 1 aliphatic rings. The Morgan fingerprint density at radius 2 is 1.68 bits per heavy atom. The Morgan fingerprint density at radius 1 is 1.05 bits per heavy atom. The Kier molecular flexibility index (Phi) is 2.63. The molecule has 3 rings (SSSR count). The number of hydrogen-bond donors (Lipinski definition) is 0. The fourth-order valence-electron chi connectivity index (χ4n) is 2.15. The highest BCUT2D eigenvalue weighted by molar-refractivity contribution is 6.21. The molecule has 0 N–H and O–H groups in total. The Bertz CT molecular complexity index is 627. The van der Waals surface area contributed by atoms with Crippen LogP contribution >= 0.6 is 0 Å².